The van der Waals surface area contributed by atoms with Gasteiger partial charge in [0.1, 0.15) is 23.2 Å². The van der Waals surface area contributed by atoms with Gasteiger partial charge in [-0.1, -0.05) is 0 Å². The van der Waals surface area contributed by atoms with Gasteiger partial charge in [0, 0.05) is 69.4 Å². The standard InChI is InChI=1S/C21H20F3N7O2/c1-14(32)30-7-9-31(10-8-30)19-12-18(28-20(29-19)15-3-2-5-25-13-15)27-17-11-16(4-6-26-17)33-21(22,23)24/h2-6,11-13H,7-10H2,1H3,(H,26,27,28,29). The molecule has 1 aliphatic rings. The molecule has 1 saturated heterocycles. The zero-order chi connectivity index (χ0) is 23.4. The minimum absolute atomic E-state index is 0.0165. The van der Waals surface area contributed by atoms with Crippen molar-refractivity contribution in [2.24, 2.45) is 0 Å². The number of aromatic nitrogens is 4. The van der Waals surface area contributed by atoms with Crippen LogP contribution in [0.25, 0.3) is 11.4 Å². The molecular formula is C21H20F3N7O2. The lowest BCUT2D eigenvalue weighted by Crippen LogP contribution is -2.48. The second kappa shape index (κ2) is 9.27. The minimum Gasteiger partial charge on any atom is -0.406 e. The highest BCUT2D eigenvalue weighted by molar-refractivity contribution is 5.73. The minimum atomic E-state index is -4.81. The maximum atomic E-state index is 12.6. The predicted octanol–water partition coefficient (Wildman–Crippen LogP) is 3.24. The topological polar surface area (TPSA) is 96.4 Å². The molecule has 1 amide bonds. The van der Waals surface area contributed by atoms with E-state index in [-0.39, 0.29) is 11.7 Å². The lowest BCUT2D eigenvalue weighted by molar-refractivity contribution is -0.274. The Morgan fingerprint density at radius 2 is 1.85 bits per heavy atom. The number of amides is 1. The lowest BCUT2D eigenvalue weighted by Gasteiger charge is -2.35. The van der Waals surface area contributed by atoms with Gasteiger partial charge in [-0.2, -0.15) is 0 Å². The summed E-state index contributed by atoms with van der Waals surface area (Å²) in [5, 5.41) is 2.93. The zero-order valence-corrected chi connectivity index (χ0v) is 17.6. The third-order valence-electron chi connectivity index (χ3n) is 4.90. The molecule has 0 radical (unpaired) electrons. The van der Waals surface area contributed by atoms with Gasteiger partial charge in [0.2, 0.25) is 5.91 Å². The highest BCUT2D eigenvalue weighted by atomic mass is 19.4. The lowest BCUT2D eigenvalue weighted by atomic mass is 10.2. The number of alkyl halides is 3. The Kier molecular flexibility index (Phi) is 6.24. The van der Waals surface area contributed by atoms with E-state index in [1.807, 2.05) is 4.90 Å². The molecule has 172 valence electrons. The molecule has 4 rings (SSSR count). The van der Waals surface area contributed by atoms with Gasteiger partial charge >= 0.3 is 6.36 Å². The van der Waals surface area contributed by atoms with Crippen LogP contribution in [0.3, 0.4) is 0 Å². The highest BCUT2D eigenvalue weighted by Crippen LogP contribution is 2.27. The van der Waals surface area contributed by atoms with Crippen LogP contribution in [0.1, 0.15) is 6.92 Å². The molecule has 3 aromatic rings. The fourth-order valence-corrected chi connectivity index (χ4v) is 3.34. The number of carbonyl (C=O) groups excluding carboxylic acids is 1. The van der Waals surface area contributed by atoms with E-state index in [0.717, 1.165) is 12.1 Å². The fourth-order valence-electron chi connectivity index (χ4n) is 3.34. The quantitative estimate of drug-likeness (QED) is 0.621. The molecule has 0 saturated carbocycles. The Morgan fingerprint density at radius 1 is 1.06 bits per heavy atom. The molecule has 1 aliphatic heterocycles. The normalized spacial score (nSPS) is 14.2. The molecule has 1 N–H and O–H groups in total. The van der Waals surface area contributed by atoms with E-state index in [2.05, 4.69) is 30.0 Å². The van der Waals surface area contributed by atoms with E-state index >= 15 is 0 Å². The van der Waals surface area contributed by atoms with Crippen LogP contribution in [-0.2, 0) is 4.79 Å². The summed E-state index contributed by atoms with van der Waals surface area (Å²) in [7, 11) is 0. The molecule has 33 heavy (non-hydrogen) atoms. The van der Waals surface area contributed by atoms with Gasteiger partial charge in [0.15, 0.2) is 5.82 Å². The van der Waals surface area contributed by atoms with Crippen molar-refractivity contribution in [3.63, 3.8) is 0 Å². The van der Waals surface area contributed by atoms with Gasteiger partial charge < -0.3 is 19.9 Å². The van der Waals surface area contributed by atoms with Gasteiger partial charge in [-0.15, -0.1) is 13.2 Å². The fraction of sp³-hybridized carbons (Fsp3) is 0.286. The van der Waals surface area contributed by atoms with Crippen LogP contribution in [0.5, 0.6) is 5.75 Å². The average Bonchev–Trinajstić information content (AvgIpc) is 2.78. The molecule has 3 aromatic heterocycles. The number of carbonyl (C=O) groups is 1. The average molecular weight is 459 g/mol. The first-order valence-corrected chi connectivity index (χ1v) is 10.1. The maximum Gasteiger partial charge on any atom is 0.573 e. The Hall–Kier alpha value is -3.96. The summed E-state index contributed by atoms with van der Waals surface area (Å²) in [6.07, 6.45) is -0.360. The molecule has 0 atom stereocenters. The van der Waals surface area contributed by atoms with E-state index < -0.39 is 12.1 Å². The van der Waals surface area contributed by atoms with Crippen LogP contribution in [0.2, 0.25) is 0 Å². The number of hydrogen-bond donors (Lipinski definition) is 1. The maximum absolute atomic E-state index is 12.6. The van der Waals surface area contributed by atoms with Gasteiger partial charge in [-0.05, 0) is 18.2 Å². The highest BCUT2D eigenvalue weighted by Gasteiger charge is 2.31. The number of nitrogens with one attached hydrogen (secondary N) is 1. The van der Waals surface area contributed by atoms with E-state index in [1.165, 1.54) is 13.1 Å². The second-order valence-corrected chi connectivity index (χ2v) is 7.22. The van der Waals surface area contributed by atoms with Crippen molar-refractivity contribution in [1.29, 1.82) is 0 Å². The first-order valence-electron chi connectivity index (χ1n) is 10.1. The van der Waals surface area contributed by atoms with E-state index in [9.17, 15) is 18.0 Å². The summed E-state index contributed by atoms with van der Waals surface area (Å²) in [4.78, 5) is 32.7. The Morgan fingerprint density at radius 3 is 2.52 bits per heavy atom. The van der Waals surface area contributed by atoms with Crippen molar-refractivity contribution in [2.45, 2.75) is 13.3 Å². The van der Waals surface area contributed by atoms with Crippen molar-refractivity contribution >= 4 is 23.4 Å². The number of pyridine rings is 2. The zero-order valence-electron chi connectivity index (χ0n) is 17.6. The number of hydrogen-bond acceptors (Lipinski definition) is 8. The number of nitrogens with zero attached hydrogens (tertiary/aromatic N) is 6. The largest absolute Gasteiger partial charge is 0.573 e. The molecule has 1 fully saturated rings. The van der Waals surface area contributed by atoms with Gasteiger partial charge in [-0.3, -0.25) is 9.78 Å². The molecule has 0 aliphatic carbocycles. The SMILES string of the molecule is CC(=O)N1CCN(c2cc(Nc3cc(OC(F)(F)F)ccn3)nc(-c3cccnc3)n2)CC1. The van der Waals surface area contributed by atoms with E-state index in [1.54, 1.807) is 35.5 Å². The molecule has 4 heterocycles. The van der Waals surface area contributed by atoms with Crippen molar-refractivity contribution in [2.75, 3.05) is 36.4 Å². The number of piperazine rings is 1. The molecule has 12 heteroatoms. The van der Waals surface area contributed by atoms with Crippen LogP contribution in [0.15, 0.2) is 48.9 Å². The van der Waals surface area contributed by atoms with E-state index in [0.29, 0.717) is 49.2 Å². The molecular weight excluding hydrogens is 439 g/mol. The summed E-state index contributed by atoms with van der Waals surface area (Å²) in [5.41, 5.74) is 0.673. The molecule has 0 unspecified atom stereocenters. The summed E-state index contributed by atoms with van der Waals surface area (Å²) < 4.78 is 41.6. The summed E-state index contributed by atoms with van der Waals surface area (Å²) in [5.74, 6) is 1.08. The number of rotatable bonds is 5. The van der Waals surface area contributed by atoms with Gasteiger partial charge in [0.05, 0.1) is 0 Å². The summed E-state index contributed by atoms with van der Waals surface area (Å²) in [6, 6.07) is 7.48. The van der Waals surface area contributed by atoms with Crippen LogP contribution < -0.4 is 15.0 Å². The van der Waals surface area contributed by atoms with E-state index in [4.69, 9.17) is 0 Å². The van der Waals surface area contributed by atoms with Crippen LogP contribution in [-0.4, -0.2) is 63.3 Å². The van der Waals surface area contributed by atoms with Crippen molar-refractivity contribution < 1.29 is 22.7 Å². The summed E-state index contributed by atoms with van der Waals surface area (Å²) in [6.45, 7) is 3.81. The Bertz CT molecular complexity index is 1120. The monoisotopic (exact) mass is 459 g/mol. The van der Waals surface area contributed by atoms with Crippen molar-refractivity contribution in [1.82, 2.24) is 24.8 Å². The summed E-state index contributed by atoms with van der Waals surface area (Å²) >= 11 is 0. The number of anilines is 3. The van der Waals surface area contributed by atoms with Crippen molar-refractivity contribution in [3.8, 4) is 17.1 Å². The van der Waals surface area contributed by atoms with Crippen LogP contribution >= 0.6 is 0 Å². The number of ether oxygens (including phenoxy) is 1. The third kappa shape index (κ3) is 5.84. The van der Waals surface area contributed by atoms with Gasteiger partial charge in [0.25, 0.3) is 0 Å². The second-order valence-electron chi connectivity index (χ2n) is 7.22. The molecule has 0 spiro atoms. The van der Waals surface area contributed by atoms with Crippen LogP contribution in [0.4, 0.5) is 30.6 Å². The number of halogens is 3. The van der Waals surface area contributed by atoms with Crippen molar-refractivity contribution in [3.05, 3.63) is 48.9 Å². The third-order valence-corrected chi connectivity index (χ3v) is 4.90. The predicted molar refractivity (Wildman–Crippen MR) is 114 cm³/mol. The molecule has 9 nitrogen and oxygen atoms in total. The smallest absolute Gasteiger partial charge is 0.406 e. The Balaban J connectivity index is 1.63. The first-order chi connectivity index (χ1) is 15.8. The Labute approximate surface area is 187 Å². The van der Waals surface area contributed by atoms with Gasteiger partial charge in [-0.25, -0.2) is 15.0 Å². The molecule has 0 bridgehead atoms. The van der Waals surface area contributed by atoms with Crippen LogP contribution in [0, 0.1) is 0 Å². The molecule has 0 aromatic carbocycles. The first kappa shape index (κ1) is 22.2.